The van der Waals surface area contributed by atoms with E-state index in [0.29, 0.717) is 0 Å². The van der Waals surface area contributed by atoms with Gasteiger partial charge < -0.3 is 9.80 Å². The van der Waals surface area contributed by atoms with Gasteiger partial charge in [0.1, 0.15) is 0 Å². The fraction of sp³-hybridized carbons (Fsp3) is 0.111. The van der Waals surface area contributed by atoms with Crippen molar-refractivity contribution in [2.45, 2.75) is 39.5 Å². The fourth-order valence-electron chi connectivity index (χ4n) is 7.71. The van der Waals surface area contributed by atoms with Crippen molar-refractivity contribution in [2.24, 2.45) is 0 Å². The number of nitrogens with zero attached hydrogens (tertiary/aromatic N) is 2. The van der Waals surface area contributed by atoms with Crippen LogP contribution in [0.4, 0.5) is 34.1 Å². The second kappa shape index (κ2) is 17.2. The minimum atomic E-state index is 0.998. The van der Waals surface area contributed by atoms with Gasteiger partial charge in [-0.05, 0) is 158 Å². The van der Waals surface area contributed by atoms with Crippen molar-refractivity contribution in [3.63, 3.8) is 0 Å². The van der Waals surface area contributed by atoms with E-state index in [1.807, 2.05) is 0 Å². The van der Waals surface area contributed by atoms with E-state index in [-0.39, 0.29) is 0 Å². The summed E-state index contributed by atoms with van der Waals surface area (Å²) < 4.78 is 0. The van der Waals surface area contributed by atoms with E-state index in [0.717, 1.165) is 59.8 Å². The zero-order chi connectivity index (χ0) is 38.1. The number of hydrogen-bond acceptors (Lipinski definition) is 2. The third-order valence-corrected chi connectivity index (χ3v) is 10.5. The molecule has 6 aromatic rings. The summed E-state index contributed by atoms with van der Waals surface area (Å²) in [4.78, 5) is 4.68. The van der Waals surface area contributed by atoms with Gasteiger partial charge in [-0.25, -0.2) is 0 Å². The molecule has 0 radical (unpaired) electrons. The van der Waals surface area contributed by atoms with E-state index in [1.165, 1.54) is 44.6 Å². The fourth-order valence-corrected chi connectivity index (χ4v) is 7.71. The molecule has 2 nitrogen and oxygen atoms in total. The van der Waals surface area contributed by atoms with E-state index in [9.17, 15) is 0 Å². The summed E-state index contributed by atoms with van der Waals surface area (Å²) >= 11 is 0. The van der Waals surface area contributed by atoms with Crippen molar-refractivity contribution in [1.29, 1.82) is 0 Å². The summed E-state index contributed by atoms with van der Waals surface area (Å²) in [6, 6.07) is 60.6. The standard InChI is InChI=1S/C54H48N2/c1-41-19-15-21-43(45-23-17-33-53(39-45)55(49-25-7-3-8-26-49)50-27-9-4-10-28-50)37-47(35-41)48-36-42(2)20-16-22-44(38-48)46-24-18-34-54(40-46)56(51-29-11-5-12-30-51)52-31-13-6-14-32-52/h3-14,17-18,21-40H,15-16,19-20H2,1-2H3. The average Bonchev–Trinajstić information content (AvgIpc) is 3.22. The normalized spacial score (nSPS) is 14.6. The van der Waals surface area contributed by atoms with Gasteiger partial charge in [0.15, 0.2) is 0 Å². The molecule has 0 heterocycles. The second-order valence-corrected chi connectivity index (χ2v) is 14.7. The lowest BCUT2D eigenvalue weighted by Crippen LogP contribution is -2.10. The molecule has 8 rings (SSSR count). The summed E-state index contributed by atoms with van der Waals surface area (Å²) in [5.41, 5.74) is 17.0. The third-order valence-electron chi connectivity index (χ3n) is 10.5. The molecule has 0 saturated heterocycles. The highest BCUT2D eigenvalue weighted by molar-refractivity contribution is 5.86. The second-order valence-electron chi connectivity index (χ2n) is 14.7. The van der Waals surface area contributed by atoms with Crippen molar-refractivity contribution in [3.8, 4) is 0 Å². The first kappa shape index (κ1) is 36.3. The Balaban J connectivity index is 1.19. The summed E-state index contributed by atoms with van der Waals surface area (Å²) in [6.45, 7) is 4.54. The molecule has 2 aliphatic carbocycles. The van der Waals surface area contributed by atoms with Crippen LogP contribution < -0.4 is 9.80 Å². The van der Waals surface area contributed by atoms with Crippen LogP contribution >= 0.6 is 0 Å². The molecule has 0 aliphatic heterocycles. The average molecular weight is 725 g/mol. The molecule has 0 bridgehead atoms. The maximum Gasteiger partial charge on any atom is 0.0467 e. The number of allylic oxidation sites excluding steroid dienone is 12. The van der Waals surface area contributed by atoms with E-state index < -0.39 is 0 Å². The molecular weight excluding hydrogens is 677 g/mol. The molecule has 0 amide bonds. The molecule has 0 fully saturated rings. The molecule has 2 heteroatoms. The number of rotatable bonds is 9. The van der Waals surface area contributed by atoms with Gasteiger partial charge in [-0.15, -0.1) is 0 Å². The lowest BCUT2D eigenvalue weighted by molar-refractivity contribution is 0.968. The summed E-state index contributed by atoms with van der Waals surface area (Å²) in [5, 5.41) is 0. The predicted octanol–water partition coefficient (Wildman–Crippen LogP) is 15.4. The summed E-state index contributed by atoms with van der Waals surface area (Å²) in [7, 11) is 0. The van der Waals surface area contributed by atoms with Crippen LogP contribution in [0.15, 0.2) is 229 Å². The Morgan fingerprint density at radius 2 is 0.643 bits per heavy atom. The van der Waals surface area contributed by atoms with Crippen LogP contribution in [-0.2, 0) is 0 Å². The van der Waals surface area contributed by atoms with E-state index in [4.69, 9.17) is 0 Å². The first-order chi connectivity index (χ1) is 27.6. The molecule has 0 N–H and O–H groups in total. The molecule has 274 valence electrons. The Morgan fingerprint density at radius 1 is 0.321 bits per heavy atom. The van der Waals surface area contributed by atoms with Crippen LogP contribution in [0.1, 0.15) is 50.7 Å². The minimum Gasteiger partial charge on any atom is -0.310 e. The minimum absolute atomic E-state index is 0.998. The number of hydrogen-bond donors (Lipinski definition) is 0. The number of benzene rings is 6. The topological polar surface area (TPSA) is 6.48 Å². The summed E-state index contributed by atoms with van der Waals surface area (Å²) in [6.07, 6.45) is 18.5. The highest BCUT2D eigenvalue weighted by atomic mass is 15.1. The smallest absolute Gasteiger partial charge is 0.0467 e. The van der Waals surface area contributed by atoms with Crippen LogP contribution in [0.25, 0.3) is 11.1 Å². The van der Waals surface area contributed by atoms with Gasteiger partial charge >= 0.3 is 0 Å². The Kier molecular flexibility index (Phi) is 11.2. The predicted molar refractivity (Wildman–Crippen MR) is 240 cm³/mol. The summed E-state index contributed by atoms with van der Waals surface area (Å²) in [5.74, 6) is 0. The Morgan fingerprint density at radius 3 is 0.982 bits per heavy atom. The zero-order valence-corrected chi connectivity index (χ0v) is 32.4. The van der Waals surface area contributed by atoms with Gasteiger partial charge in [0.05, 0.1) is 0 Å². The van der Waals surface area contributed by atoms with E-state index >= 15 is 0 Å². The van der Waals surface area contributed by atoms with Crippen LogP contribution in [0, 0.1) is 0 Å². The molecule has 6 aromatic carbocycles. The van der Waals surface area contributed by atoms with Gasteiger partial charge in [0.2, 0.25) is 0 Å². The quantitative estimate of drug-likeness (QED) is 0.146. The lowest BCUT2D eigenvalue weighted by atomic mass is 9.88. The van der Waals surface area contributed by atoms with Crippen LogP contribution in [-0.4, -0.2) is 0 Å². The molecule has 0 unspecified atom stereocenters. The van der Waals surface area contributed by atoms with Crippen molar-refractivity contribution < 1.29 is 0 Å². The van der Waals surface area contributed by atoms with Crippen LogP contribution in [0.2, 0.25) is 0 Å². The zero-order valence-electron chi connectivity index (χ0n) is 32.4. The number of anilines is 6. The molecule has 0 saturated carbocycles. The first-order valence-electron chi connectivity index (χ1n) is 19.8. The molecule has 56 heavy (non-hydrogen) atoms. The maximum atomic E-state index is 2.42. The first-order valence-corrected chi connectivity index (χ1v) is 19.8. The number of para-hydroxylation sites is 4. The molecular formula is C54H48N2. The van der Waals surface area contributed by atoms with Gasteiger partial charge in [0.25, 0.3) is 0 Å². The highest BCUT2D eigenvalue weighted by Gasteiger charge is 2.17. The van der Waals surface area contributed by atoms with Crippen molar-refractivity contribution in [3.05, 3.63) is 240 Å². The van der Waals surface area contributed by atoms with Crippen LogP contribution in [0.3, 0.4) is 0 Å². The monoisotopic (exact) mass is 724 g/mol. The Labute approximate surface area is 333 Å². The highest BCUT2D eigenvalue weighted by Crippen LogP contribution is 2.39. The third kappa shape index (κ3) is 8.51. The van der Waals surface area contributed by atoms with E-state index in [1.54, 1.807) is 0 Å². The van der Waals surface area contributed by atoms with Crippen molar-refractivity contribution in [1.82, 2.24) is 0 Å². The van der Waals surface area contributed by atoms with Gasteiger partial charge in [-0.3, -0.25) is 0 Å². The molecule has 0 atom stereocenters. The molecule has 2 aliphatic rings. The van der Waals surface area contributed by atoms with Gasteiger partial charge in [-0.1, -0.05) is 133 Å². The van der Waals surface area contributed by atoms with Crippen molar-refractivity contribution in [2.75, 3.05) is 9.80 Å². The SMILES string of the molecule is CC1=CC(C2=CC(c3cccc(N(c4ccccc4)c4ccccc4)c3)=CCCC(C)=C2)=CC(c2cccc(N(c3ccccc3)c3ccccc3)c2)=CCC1. The Hall–Kier alpha value is -6.64. The molecule has 0 aromatic heterocycles. The maximum absolute atomic E-state index is 2.42. The Bertz CT molecular complexity index is 2210. The van der Waals surface area contributed by atoms with Gasteiger partial charge in [-0.2, -0.15) is 0 Å². The van der Waals surface area contributed by atoms with E-state index in [2.05, 4.69) is 230 Å². The van der Waals surface area contributed by atoms with Gasteiger partial charge in [0, 0.05) is 34.1 Å². The largest absolute Gasteiger partial charge is 0.310 e. The molecule has 0 spiro atoms. The van der Waals surface area contributed by atoms with Crippen molar-refractivity contribution >= 4 is 45.3 Å². The van der Waals surface area contributed by atoms with Crippen LogP contribution in [0.5, 0.6) is 0 Å². The lowest BCUT2D eigenvalue weighted by Gasteiger charge is -2.26.